The zero-order chi connectivity index (χ0) is 17.4. The van der Waals surface area contributed by atoms with E-state index in [2.05, 4.69) is 0 Å². The van der Waals surface area contributed by atoms with Gasteiger partial charge in [-0.3, -0.25) is 4.79 Å². The fraction of sp³-hybridized carbons (Fsp3) is 0.0667. The first-order valence-electron chi connectivity index (χ1n) is 6.59. The fourth-order valence-electron chi connectivity index (χ4n) is 2.08. The number of rotatable bonds is 3. The summed E-state index contributed by atoms with van der Waals surface area (Å²) in [5.74, 6) is 0. The van der Waals surface area contributed by atoms with Gasteiger partial charge in [-0.15, -0.1) is 0 Å². The Hall–Kier alpha value is -1.24. The first-order chi connectivity index (χ1) is 11.4. The molecule has 0 atom stereocenters. The van der Waals surface area contributed by atoms with Crippen LogP contribution < -0.4 is 10.6 Å². The maximum absolute atomic E-state index is 12.5. The van der Waals surface area contributed by atoms with E-state index < -0.39 is 10.6 Å². The monoisotopic (exact) mass is 420 g/mol. The standard InChI is InChI=1S/C15H8Cl4N2O2S/c16-10-3-1-8(5-12(10)18)7-20-14(22)21(24-15(20)23)9-2-4-11(17)13(19)6-9/h1-6H,7H2. The van der Waals surface area contributed by atoms with Crippen molar-refractivity contribution in [2.45, 2.75) is 6.54 Å². The molecule has 3 rings (SSSR count). The molecule has 0 aliphatic heterocycles. The van der Waals surface area contributed by atoms with Crippen molar-refractivity contribution in [3.63, 3.8) is 0 Å². The van der Waals surface area contributed by atoms with E-state index in [0.29, 0.717) is 31.3 Å². The minimum Gasteiger partial charge on any atom is -0.255 e. The molecule has 1 aromatic heterocycles. The van der Waals surface area contributed by atoms with E-state index in [1.54, 1.807) is 30.3 Å². The van der Waals surface area contributed by atoms with Crippen molar-refractivity contribution in [1.82, 2.24) is 8.52 Å². The Morgan fingerprint density at radius 3 is 2.08 bits per heavy atom. The molecular formula is C15H8Cl4N2O2S. The number of nitrogens with zero attached hydrogens (tertiary/aromatic N) is 2. The summed E-state index contributed by atoms with van der Waals surface area (Å²) in [6, 6.07) is 9.67. The van der Waals surface area contributed by atoms with Gasteiger partial charge in [-0.1, -0.05) is 52.5 Å². The lowest BCUT2D eigenvalue weighted by Crippen LogP contribution is -2.28. The fourth-order valence-corrected chi connectivity index (χ4v) is 3.49. The molecule has 4 nitrogen and oxygen atoms in total. The number of hydrogen-bond donors (Lipinski definition) is 0. The molecule has 0 aliphatic carbocycles. The van der Waals surface area contributed by atoms with E-state index in [9.17, 15) is 9.59 Å². The molecule has 2 aromatic carbocycles. The second-order valence-corrected chi connectivity index (χ2v) is 7.39. The van der Waals surface area contributed by atoms with Crippen LogP contribution in [0.25, 0.3) is 5.69 Å². The molecule has 0 unspecified atom stereocenters. The van der Waals surface area contributed by atoms with Gasteiger partial charge >= 0.3 is 10.6 Å². The third kappa shape index (κ3) is 3.41. The van der Waals surface area contributed by atoms with Crippen LogP contribution in [-0.4, -0.2) is 8.52 Å². The average Bonchev–Trinajstić information content (AvgIpc) is 2.82. The molecule has 0 saturated heterocycles. The summed E-state index contributed by atoms with van der Waals surface area (Å²) in [5.41, 5.74) is 0.710. The topological polar surface area (TPSA) is 44.0 Å². The third-order valence-corrected chi connectivity index (χ3v) is 5.66. The van der Waals surface area contributed by atoms with Gasteiger partial charge in [0.05, 0.1) is 32.3 Å². The highest BCUT2D eigenvalue weighted by Gasteiger charge is 2.13. The minimum absolute atomic E-state index is 0.0966. The van der Waals surface area contributed by atoms with Gasteiger partial charge in [0.2, 0.25) is 0 Å². The first-order valence-corrected chi connectivity index (χ1v) is 8.88. The van der Waals surface area contributed by atoms with Crippen LogP contribution in [0.15, 0.2) is 46.0 Å². The summed E-state index contributed by atoms with van der Waals surface area (Å²) in [6.45, 7) is 0.0966. The molecular weight excluding hydrogens is 414 g/mol. The van der Waals surface area contributed by atoms with Gasteiger partial charge in [-0.25, -0.2) is 13.3 Å². The highest BCUT2D eigenvalue weighted by molar-refractivity contribution is 7.03. The molecule has 0 saturated carbocycles. The lowest BCUT2D eigenvalue weighted by Gasteiger charge is -2.04. The third-order valence-electron chi connectivity index (χ3n) is 3.26. The molecule has 124 valence electrons. The van der Waals surface area contributed by atoms with Gasteiger partial charge in [0.25, 0.3) is 0 Å². The van der Waals surface area contributed by atoms with Crippen LogP contribution in [0, 0.1) is 0 Å². The first kappa shape index (κ1) is 17.6. The number of hydrogen-bond acceptors (Lipinski definition) is 3. The molecule has 9 heteroatoms. The van der Waals surface area contributed by atoms with E-state index in [1.165, 1.54) is 10.0 Å². The molecule has 3 aromatic rings. The van der Waals surface area contributed by atoms with Gasteiger partial charge in [0.1, 0.15) is 0 Å². The highest BCUT2D eigenvalue weighted by Crippen LogP contribution is 2.25. The van der Waals surface area contributed by atoms with Gasteiger partial charge in [-0.05, 0) is 35.9 Å². The quantitative estimate of drug-likeness (QED) is 0.613. The van der Waals surface area contributed by atoms with E-state index >= 15 is 0 Å². The van der Waals surface area contributed by atoms with Crippen LogP contribution in [0.3, 0.4) is 0 Å². The van der Waals surface area contributed by atoms with Gasteiger partial charge in [-0.2, -0.15) is 0 Å². The normalized spacial score (nSPS) is 11.0. The van der Waals surface area contributed by atoms with Crippen molar-refractivity contribution in [3.8, 4) is 5.69 Å². The smallest absolute Gasteiger partial charge is 0.255 e. The van der Waals surface area contributed by atoms with Crippen LogP contribution in [0.1, 0.15) is 5.56 Å². The SMILES string of the molecule is O=c1sn(-c2ccc(Cl)c(Cl)c2)c(=O)n1Cc1ccc(Cl)c(Cl)c1. The molecule has 0 aliphatic rings. The average molecular weight is 422 g/mol. The van der Waals surface area contributed by atoms with Gasteiger partial charge in [0.15, 0.2) is 0 Å². The zero-order valence-corrected chi connectivity index (χ0v) is 15.6. The van der Waals surface area contributed by atoms with Crippen LogP contribution >= 0.6 is 57.9 Å². The molecule has 0 amide bonds. The Morgan fingerprint density at radius 1 is 0.833 bits per heavy atom. The van der Waals surface area contributed by atoms with Crippen molar-refractivity contribution in [2.75, 3.05) is 0 Å². The summed E-state index contributed by atoms with van der Waals surface area (Å²) >= 11 is 24.5. The zero-order valence-electron chi connectivity index (χ0n) is 11.8. The molecule has 0 fully saturated rings. The molecule has 0 spiro atoms. The summed E-state index contributed by atoms with van der Waals surface area (Å²) in [7, 11) is 0. The van der Waals surface area contributed by atoms with Crippen LogP contribution in [-0.2, 0) is 6.54 Å². The Balaban J connectivity index is 2.03. The second kappa shape index (κ2) is 6.94. The summed E-state index contributed by atoms with van der Waals surface area (Å²) in [4.78, 5) is 24.3. The van der Waals surface area contributed by atoms with Crippen LogP contribution in [0.2, 0.25) is 20.1 Å². The molecule has 0 radical (unpaired) electrons. The molecule has 0 bridgehead atoms. The second-order valence-electron chi connectivity index (χ2n) is 4.87. The van der Waals surface area contributed by atoms with Crippen LogP contribution in [0.5, 0.6) is 0 Å². The molecule has 24 heavy (non-hydrogen) atoms. The Labute approximate surface area is 160 Å². The summed E-state index contributed by atoms with van der Waals surface area (Å²) < 4.78 is 2.38. The van der Waals surface area contributed by atoms with Gasteiger partial charge < -0.3 is 0 Å². The van der Waals surface area contributed by atoms with E-state index in [1.807, 2.05) is 0 Å². The summed E-state index contributed by atoms with van der Waals surface area (Å²) in [6.07, 6.45) is 0. The van der Waals surface area contributed by atoms with E-state index in [-0.39, 0.29) is 6.54 Å². The van der Waals surface area contributed by atoms with E-state index in [4.69, 9.17) is 46.4 Å². The lowest BCUT2D eigenvalue weighted by atomic mass is 10.2. The Kier molecular flexibility index (Phi) is 5.08. The Morgan fingerprint density at radius 2 is 1.46 bits per heavy atom. The maximum atomic E-state index is 12.5. The Bertz CT molecular complexity index is 1040. The predicted molar refractivity (Wildman–Crippen MR) is 99.8 cm³/mol. The molecule has 1 heterocycles. The van der Waals surface area contributed by atoms with Crippen molar-refractivity contribution in [2.24, 2.45) is 0 Å². The number of halogens is 4. The highest BCUT2D eigenvalue weighted by atomic mass is 35.5. The maximum Gasteiger partial charge on any atom is 0.346 e. The van der Waals surface area contributed by atoms with Crippen LogP contribution in [0.4, 0.5) is 0 Å². The van der Waals surface area contributed by atoms with Crippen molar-refractivity contribution < 1.29 is 0 Å². The summed E-state index contributed by atoms with van der Waals surface area (Å²) in [5, 5.41) is 1.45. The predicted octanol–water partition coefficient (Wildman–Crippen LogP) is 4.72. The van der Waals surface area contributed by atoms with Gasteiger partial charge in [0, 0.05) is 11.5 Å². The number of benzene rings is 2. The van der Waals surface area contributed by atoms with Crippen molar-refractivity contribution in [1.29, 1.82) is 0 Å². The molecule has 0 N–H and O–H groups in total. The number of aromatic nitrogens is 2. The lowest BCUT2D eigenvalue weighted by molar-refractivity contribution is 0.723. The largest absolute Gasteiger partial charge is 0.346 e. The van der Waals surface area contributed by atoms with E-state index in [0.717, 1.165) is 16.1 Å². The van der Waals surface area contributed by atoms with Crippen molar-refractivity contribution in [3.05, 3.63) is 82.2 Å². The van der Waals surface area contributed by atoms with Crippen molar-refractivity contribution >= 4 is 57.9 Å². The minimum atomic E-state index is -0.463.